The summed E-state index contributed by atoms with van der Waals surface area (Å²) in [6, 6.07) is 5.40. The van der Waals surface area contributed by atoms with Crippen molar-refractivity contribution < 1.29 is 4.79 Å². The minimum Gasteiger partial charge on any atom is -0.370 e. The Morgan fingerprint density at radius 2 is 2.19 bits per heavy atom. The number of halogens is 1. The van der Waals surface area contributed by atoms with Gasteiger partial charge in [0.1, 0.15) is 0 Å². The summed E-state index contributed by atoms with van der Waals surface area (Å²) in [6.07, 6.45) is 0.287. The zero-order valence-corrected chi connectivity index (χ0v) is 13.1. The van der Waals surface area contributed by atoms with Gasteiger partial charge in [-0.15, -0.1) is 0 Å². The van der Waals surface area contributed by atoms with Crippen molar-refractivity contribution in [3.8, 4) is 0 Å². The molecule has 0 atom stereocenters. The Labute approximate surface area is 130 Å². The number of nitrogens with one attached hydrogen (secondary N) is 2. The molecule has 5 nitrogen and oxygen atoms in total. The minimum atomic E-state index is -0.111. The number of hydrogen-bond donors (Lipinski definition) is 3. The van der Waals surface area contributed by atoms with Crippen LogP contribution < -0.4 is 16.4 Å². The molecule has 0 saturated carbocycles. The van der Waals surface area contributed by atoms with E-state index in [1.165, 1.54) is 0 Å². The molecule has 1 aromatic rings. The maximum Gasteiger partial charge on any atom is 0.226 e. The summed E-state index contributed by atoms with van der Waals surface area (Å²) >= 11 is 6.00. The smallest absolute Gasteiger partial charge is 0.226 e. The molecule has 0 aliphatic rings. The highest BCUT2D eigenvalue weighted by molar-refractivity contribution is 6.31. The molecule has 21 heavy (non-hydrogen) atoms. The third kappa shape index (κ3) is 6.31. The summed E-state index contributed by atoms with van der Waals surface area (Å²) in [6.45, 7) is 8.36. The minimum absolute atomic E-state index is 0.111. The van der Waals surface area contributed by atoms with Gasteiger partial charge < -0.3 is 16.4 Å². The summed E-state index contributed by atoms with van der Waals surface area (Å²) < 4.78 is 0. The van der Waals surface area contributed by atoms with Crippen molar-refractivity contribution in [3.63, 3.8) is 0 Å². The van der Waals surface area contributed by atoms with Gasteiger partial charge in [0.25, 0.3) is 0 Å². The van der Waals surface area contributed by atoms with Crippen molar-refractivity contribution in [2.45, 2.75) is 20.3 Å². The lowest BCUT2D eigenvalue weighted by Crippen LogP contribution is -2.34. The van der Waals surface area contributed by atoms with E-state index in [0.29, 0.717) is 24.1 Å². The highest BCUT2D eigenvalue weighted by atomic mass is 35.5. The van der Waals surface area contributed by atoms with Gasteiger partial charge in [-0.05, 0) is 31.5 Å². The first kappa shape index (κ1) is 17.0. The average Bonchev–Trinajstić information content (AvgIpc) is 2.41. The molecule has 0 aromatic heterocycles. The molecule has 0 spiro atoms. The Bertz CT molecular complexity index is 555. The van der Waals surface area contributed by atoms with Crippen molar-refractivity contribution in [1.29, 1.82) is 0 Å². The van der Waals surface area contributed by atoms with Crippen LogP contribution in [-0.2, 0) is 4.79 Å². The first-order valence-corrected chi connectivity index (χ1v) is 7.01. The summed E-state index contributed by atoms with van der Waals surface area (Å²) in [7, 11) is 0. The predicted molar refractivity (Wildman–Crippen MR) is 88.7 cm³/mol. The van der Waals surface area contributed by atoms with Crippen molar-refractivity contribution >= 4 is 29.2 Å². The molecule has 0 fully saturated rings. The van der Waals surface area contributed by atoms with Crippen molar-refractivity contribution in [2.24, 2.45) is 10.7 Å². The van der Waals surface area contributed by atoms with Crippen LogP contribution in [0.15, 0.2) is 35.3 Å². The fourth-order valence-corrected chi connectivity index (χ4v) is 1.71. The van der Waals surface area contributed by atoms with Gasteiger partial charge in [-0.3, -0.25) is 4.79 Å². The van der Waals surface area contributed by atoms with E-state index in [9.17, 15) is 4.79 Å². The third-order valence-electron chi connectivity index (χ3n) is 2.72. The molecule has 1 rings (SSSR count). The van der Waals surface area contributed by atoms with Gasteiger partial charge in [0.2, 0.25) is 5.91 Å². The van der Waals surface area contributed by atoms with Crippen LogP contribution in [0.2, 0.25) is 5.02 Å². The van der Waals surface area contributed by atoms with Gasteiger partial charge >= 0.3 is 0 Å². The lowest BCUT2D eigenvalue weighted by Gasteiger charge is -2.10. The number of rotatable bonds is 6. The summed E-state index contributed by atoms with van der Waals surface area (Å²) in [5, 5.41) is 6.32. The van der Waals surface area contributed by atoms with Crippen LogP contribution >= 0.6 is 11.6 Å². The molecule has 0 unspecified atom stereocenters. The first-order valence-electron chi connectivity index (χ1n) is 6.63. The normalized spacial score (nSPS) is 11.1. The number of hydrogen-bond acceptors (Lipinski definition) is 2. The standard InChI is InChI=1S/C15H21ClN4O/c1-10(2)9-19-15(17)18-8-7-14(21)20-13-6-4-5-12(16)11(13)3/h4-6H,1,7-9H2,2-3H3,(H,20,21)(H3,17,18,19). The highest BCUT2D eigenvalue weighted by Crippen LogP contribution is 2.22. The van der Waals surface area contributed by atoms with E-state index in [1.807, 2.05) is 19.9 Å². The molecular formula is C15H21ClN4O. The van der Waals surface area contributed by atoms with Crippen LogP contribution in [0.1, 0.15) is 18.9 Å². The zero-order chi connectivity index (χ0) is 15.8. The Morgan fingerprint density at radius 1 is 1.48 bits per heavy atom. The number of nitrogens with two attached hydrogens (primary N) is 1. The van der Waals surface area contributed by atoms with Gasteiger partial charge in [-0.1, -0.05) is 29.8 Å². The van der Waals surface area contributed by atoms with Crippen LogP contribution in [0.25, 0.3) is 0 Å². The summed E-state index contributed by atoms with van der Waals surface area (Å²) in [5.74, 6) is 0.199. The maximum absolute atomic E-state index is 11.8. The maximum atomic E-state index is 11.8. The Morgan fingerprint density at radius 3 is 2.86 bits per heavy atom. The van der Waals surface area contributed by atoms with E-state index in [4.69, 9.17) is 17.3 Å². The summed E-state index contributed by atoms with van der Waals surface area (Å²) in [5.41, 5.74) is 8.15. The van der Waals surface area contributed by atoms with Crippen LogP contribution in [-0.4, -0.2) is 25.0 Å². The van der Waals surface area contributed by atoms with E-state index in [0.717, 1.165) is 16.8 Å². The third-order valence-corrected chi connectivity index (χ3v) is 3.13. The fraction of sp³-hybridized carbons (Fsp3) is 0.333. The number of carbonyl (C=O) groups excluding carboxylic acids is 1. The Hall–Kier alpha value is -2.01. The number of anilines is 1. The lowest BCUT2D eigenvalue weighted by molar-refractivity contribution is -0.116. The van der Waals surface area contributed by atoms with Crippen LogP contribution in [0, 0.1) is 6.92 Å². The second-order valence-electron chi connectivity index (χ2n) is 4.80. The van der Waals surface area contributed by atoms with Crippen molar-refractivity contribution in [2.75, 3.05) is 18.4 Å². The van der Waals surface area contributed by atoms with Crippen LogP contribution in [0.3, 0.4) is 0 Å². The number of amides is 1. The quantitative estimate of drug-likeness (QED) is 0.429. The second-order valence-corrected chi connectivity index (χ2v) is 5.20. The molecule has 1 aromatic carbocycles. The van der Waals surface area contributed by atoms with E-state index >= 15 is 0 Å². The second kappa shape index (κ2) is 8.32. The number of nitrogens with zero attached hydrogens (tertiary/aromatic N) is 1. The molecule has 0 bridgehead atoms. The molecule has 1 amide bonds. The first-order chi connectivity index (χ1) is 9.90. The molecule has 0 heterocycles. The van der Waals surface area contributed by atoms with E-state index < -0.39 is 0 Å². The number of carbonyl (C=O) groups is 1. The SMILES string of the molecule is C=C(C)CN=C(N)NCCC(=O)Nc1cccc(Cl)c1C. The summed E-state index contributed by atoms with van der Waals surface area (Å²) in [4.78, 5) is 15.9. The van der Waals surface area contributed by atoms with E-state index in [-0.39, 0.29) is 12.3 Å². The van der Waals surface area contributed by atoms with Crippen molar-refractivity contribution in [1.82, 2.24) is 5.32 Å². The molecule has 0 aliphatic carbocycles. The van der Waals surface area contributed by atoms with Gasteiger partial charge in [0.05, 0.1) is 6.54 Å². The van der Waals surface area contributed by atoms with Crippen LogP contribution in [0.4, 0.5) is 5.69 Å². The molecule has 6 heteroatoms. The Kier molecular flexibility index (Phi) is 6.75. The fourth-order valence-electron chi connectivity index (χ4n) is 1.54. The van der Waals surface area contributed by atoms with Gasteiger partial charge in [0, 0.05) is 23.7 Å². The highest BCUT2D eigenvalue weighted by Gasteiger charge is 2.06. The topological polar surface area (TPSA) is 79.5 Å². The average molecular weight is 309 g/mol. The zero-order valence-electron chi connectivity index (χ0n) is 12.4. The van der Waals surface area contributed by atoms with E-state index in [2.05, 4.69) is 22.2 Å². The molecule has 114 valence electrons. The largest absolute Gasteiger partial charge is 0.370 e. The molecular weight excluding hydrogens is 288 g/mol. The van der Waals surface area contributed by atoms with Gasteiger partial charge in [-0.25, -0.2) is 4.99 Å². The van der Waals surface area contributed by atoms with Crippen LogP contribution in [0.5, 0.6) is 0 Å². The predicted octanol–water partition coefficient (Wildman–Crippen LogP) is 2.46. The van der Waals surface area contributed by atoms with E-state index in [1.54, 1.807) is 12.1 Å². The molecule has 4 N–H and O–H groups in total. The molecule has 0 radical (unpaired) electrons. The number of aliphatic imine (C=N–C) groups is 1. The molecule has 0 aliphatic heterocycles. The van der Waals surface area contributed by atoms with Gasteiger partial charge in [-0.2, -0.15) is 0 Å². The number of guanidine groups is 1. The molecule has 0 saturated heterocycles. The van der Waals surface area contributed by atoms with Gasteiger partial charge in [0.15, 0.2) is 5.96 Å². The van der Waals surface area contributed by atoms with Crippen molar-refractivity contribution in [3.05, 3.63) is 40.9 Å². The number of benzene rings is 1. The monoisotopic (exact) mass is 308 g/mol. The Balaban J connectivity index is 2.39. The lowest BCUT2D eigenvalue weighted by atomic mass is 10.2.